The second-order valence-corrected chi connectivity index (χ2v) is 4.00. The largest absolute Gasteiger partial charge is 0.395 e. The van der Waals surface area contributed by atoms with Crippen molar-refractivity contribution in [1.29, 1.82) is 0 Å². The molecule has 0 saturated heterocycles. The molecule has 0 rings (SSSR count). The van der Waals surface area contributed by atoms with Crippen LogP contribution in [0.15, 0.2) is 0 Å². The van der Waals surface area contributed by atoms with E-state index in [1.165, 1.54) is 0 Å². The third-order valence-electron chi connectivity index (χ3n) is 2.75. The minimum Gasteiger partial charge on any atom is -0.395 e. The Kier molecular flexibility index (Phi) is 9.77. The van der Waals surface area contributed by atoms with E-state index in [1.54, 1.807) is 4.90 Å². The number of nitrogens with zero attached hydrogens (tertiary/aromatic N) is 1. The minimum absolute atomic E-state index is 0.00868. The molecule has 0 spiro atoms. The lowest BCUT2D eigenvalue weighted by atomic mass is 10.1. The fraction of sp³-hybridized carbons (Fsp3) is 0.917. The van der Waals surface area contributed by atoms with Crippen LogP contribution in [0.25, 0.3) is 0 Å². The second-order valence-electron chi connectivity index (χ2n) is 4.00. The van der Waals surface area contributed by atoms with Gasteiger partial charge < -0.3 is 14.7 Å². The summed E-state index contributed by atoms with van der Waals surface area (Å²) in [6.07, 6.45) is -0.823. The monoisotopic (exact) mass is 267 g/mol. The van der Waals surface area contributed by atoms with E-state index in [4.69, 9.17) is 5.11 Å². The molecule has 0 fully saturated rings. The highest BCUT2D eigenvalue weighted by Crippen LogP contribution is 2.10. The van der Waals surface area contributed by atoms with Crippen molar-refractivity contribution < 1.29 is 23.4 Å². The summed E-state index contributed by atoms with van der Waals surface area (Å²) in [6.45, 7) is 3.47. The number of alkyl halides is 2. The first-order valence-electron chi connectivity index (χ1n) is 6.32. The van der Waals surface area contributed by atoms with Gasteiger partial charge in [0.1, 0.15) is 6.61 Å². The number of halogens is 2. The topological polar surface area (TPSA) is 49.8 Å². The van der Waals surface area contributed by atoms with Crippen molar-refractivity contribution in [1.82, 2.24) is 4.90 Å². The van der Waals surface area contributed by atoms with Gasteiger partial charge in [0, 0.05) is 12.6 Å². The number of carbonyl (C=O) groups excluding carboxylic acids is 1. The van der Waals surface area contributed by atoms with E-state index in [2.05, 4.69) is 4.74 Å². The zero-order valence-corrected chi connectivity index (χ0v) is 11.1. The van der Waals surface area contributed by atoms with Crippen LogP contribution in [-0.4, -0.2) is 54.7 Å². The molecule has 0 radical (unpaired) electrons. The molecule has 0 aliphatic rings. The van der Waals surface area contributed by atoms with Gasteiger partial charge in [0.2, 0.25) is 5.91 Å². The van der Waals surface area contributed by atoms with Crippen LogP contribution in [0, 0.1) is 0 Å². The molecule has 0 aromatic heterocycles. The standard InChI is InChI=1S/C12H23F2NO3/c1-3-10(4-2)15(6-7-16)12(17)5-8-18-9-11(13)14/h10-11,16H,3-9H2,1-2H3. The van der Waals surface area contributed by atoms with Gasteiger partial charge in [-0.3, -0.25) is 4.79 Å². The molecule has 0 heterocycles. The average Bonchev–Trinajstić information content (AvgIpc) is 2.34. The van der Waals surface area contributed by atoms with Crippen LogP contribution in [0.5, 0.6) is 0 Å². The third-order valence-corrected chi connectivity index (χ3v) is 2.75. The molecule has 0 aliphatic heterocycles. The van der Waals surface area contributed by atoms with Gasteiger partial charge in [-0.2, -0.15) is 0 Å². The number of aliphatic hydroxyl groups is 1. The van der Waals surface area contributed by atoms with Crippen molar-refractivity contribution in [3.05, 3.63) is 0 Å². The maximum absolute atomic E-state index is 11.9. The lowest BCUT2D eigenvalue weighted by Crippen LogP contribution is -2.42. The fourth-order valence-electron chi connectivity index (χ4n) is 1.82. The molecule has 1 amide bonds. The molecule has 6 heteroatoms. The van der Waals surface area contributed by atoms with Crippen LogP contribution in [-0.2, 0) is 9.53 Å². The van der Waals surface area contributed by atoms with Crippen LogP contribution in [0.1, 0.15) is 33.1 Å². The summed E-state index contributed by atoms with van der Waals surface area (Å²) in [6, 6.07) is 0.0831. The quantitative estimate of drug-likeness (QED) is 0.612. The Morgan fingerprint density at radius 1 is 1.33 bits per heavy atom. The molecule has 0 aromatic carbocycles. The van der Waals surface area contributed by atoms with Crippen LogP contribution >= 0.6 is 0 Å². The summed E-state index contributed by atoms with van der Waals surface area (Å²) in [5.41, 5.74) is 0. The van der Waals surface area contributed by atoms with E-state index in [-0.39, 0.29) is 38.1 Å². The lowest BCUT2D eigenvalue weighted by molar-refractivity contribution is -0.135. The molecule has 18 heavy (non-hydrogen) atoms. The van der Waals surface area contributed by atoms with Crippen LogP contribution in [0.3, 0.4) is 0 Å². The van der Waals surface area contributed by atoms with Crippen molar-refractivity contribution in [3.63, 3.8) is 0 Å². The fourth-order valence-corrected chi connectivity index (χ4v) is 1.82. The number of hydrogen-bond donors (Lipinski definition) is 1. The van der Waals surface area contributed by atoms with E-state index >= 15 is 0 Å². The zero-order valence-electron chi connectivity index (χ0n) is 11.1. The van der Waals surface area contributed by atoms with Crippen LogP contribution < -0.4 is 0 Å². The van der Waals surface area contributed by atoms with E-state index < -0.39 is 13.0 Å². The van der Waals surface area contributed by atoms with E-state index in [0.29, 0.717) is 0 Å². The third kappa shape index (κ3) is 6.86. The Bertz CT molecular complexity index is 223. The zero-order chi connectivity index (χ0) is 14.0. The van der Waals surface area contributed by atoms with Gasteiger partial charge in [0.15, 0.2) is 0 Å². The van der Waals surface area contributed by atoms with E-state index in [0.717, 1.165) is 12.8 Å². The molecular formula is C12H23F2NO3. The SMILES string of the molecule is CCC(CC)N(CCO)C(=O)CCOCC(F)F. The Morgan fingerprint density at radius 2 is 1.94 bits per heavy atom. The highest BCUT2D eigenvalue weighted by Gasteiger charge is 2.20. The first kappa shape index (κ1) is 17.2. The first-order chi connectivity index (χ1) is 8.56. The summed E-state index contributed by atoms with van der Waals surface area (Å²) >= 11 is 0. The summed E-state index contributed by atoms with van der Waals surface area (Å²) in [4.78, 5) is 13.5. The van der Waals surface area contributed by atoms with Gasteiger partial charge in [0.05, 0.1) is 19.6 Å². The van der Waals surface area contributed by atoms with Crippen LogP contribution in [0.2, 0.25) is 0 Å². The Balaban J connectivity index is 4.13. The van der Waals surface area contributed by atoms with Crippen molar-refractivity contribution in [2.45, 2.75) is 45.6 Å². The smallest absolute Gasteiger partial charge is 0.261 e. The molecule has 4 nitrogen and oxygen atoms in total. The molecule has 0 aliphatic carbocycles. The number of amides is 1. The van der Waals surface area contributed by atoms with Crippen molar-refractivity contribution in [2.75, 3.05) is 26.4 Å². The molecule has 108 valence electrons. The van der Waals surface area contributed by atoms with Crippen LogP contribution in [0.4, 0.5) is 8.78 Å². The highest BCUT2D eigenvalue weighted by molar-refractivity contribution is 5.76. The van der Waals surface area contributed by atoms with Gasteiger partial charge >= 0.3 is 0 Å². The Labute approximate surface area is 107 Å². The van der Waals surface area contributed by atoms with E-state index in [1.807, 2.05) is 13.8 Å². The first-order valence-corrected chi connectivity index (χ1v) is 6.32. The Morgan fingerprint density at radius 3 is 2.39 bits per heavy atom. The summed E-state index contributed by atoms with van der Waals surface area (Å²) in [5, 5.41) is 8.95. The van der Waals surface area contributed by atoms with Crippen molar-refractivity contribution >= 4 is 5.91 Å². The van der Waals surface area contributed by atoms with Crippen molar-refractivity contribution in [3.8, 4) is 0 Å². The minimum atomic E-state index is -2.51. The van der Waals surface area contributed by atoms with Gasteiger partial charge in [-0.1, -0.05) is 13.8 Å². The summed E-state index contributed by atoms with van der Waals surface area (Å²) < 4.78 is 28.3. The molecular weight excluding hydrogens is 244 g/mol. The molecule has 0 atom stereocenters. The molecule has 0 aromatic rings. The van der Waals surface area contributed by atoms with Gasteiger partial charge in [0.25, 0.3) is 6.43 Å². The van der Waals surface area contributed by atoms with E-state index in [9.17, 15) is 13.6 Å². The lowest BCUT2D eigenvalue weighted by Gasteiger charge is -2.30. The normalized spacial score (nSPS) is 11.3. The van der Waals surface area contributed by atoms with Gasteiger partial charge in [-0.25, -0.2) is 8.78 Å². The Hall–Kier alpha value is -0.750. The molecule has 0 bridgehead atoms. The maximum atomic E-state index is 11.9. The second kappa shape index (κ2) is 10.2. The molecule has 0 unspecified atom stereocenters. The number of hydrogen-bond acceptors (Lipinski definition) is 3. The average molecular weight is 267 g/mol. The highest BCUT2D eigenvalue weighted by atomic mass is 19.3. The summed E-state index contributed by atoms with van der Waals surface area (Å²) in [5.74, 6) is -0.160. The van der Waals surface area contributed by atoms with Gasteiger partial charge in [-0.05, 0) is 12.8 Å². The summed E-state index contributed by atoms with van der Waals surface area (Å²) in [7, 11) is 0. The molecule has 0 saturated carbocycles. The van der Waals surface area contributed by atoms with Gasteiger partial charge in [-0.15, -0.1) is 0 Å². The predicted octanol–water partition coefficient (Wildman–Crippen LogP) is 1.67. The number of rotatable bonds is 10. The number of ether oxygens (including phenoxy) is 1. The maximum Gasteiger partial charge on any atom is 0.261 e. The number of carbonyl (C=O) groups is 1. The molecule has 1 N–H and O–H groups in total. The predicted molar refractivity (Wildman–Crippen MR) is 64.6 cm³/mol. The van der Waals surface area contributed by atoms with Crippen molar-refractivity contribution in [2.24, 2.45) is 0 Å². The number of aliphatic hydroxyl groups excluding tert-OH is 1.